The van der Waals surface area contributed by atoms with Crippen LogP contribution < -0.4 is 0 Å². The molecule has 0 spiro atoms. The first-order valence-electron chi connectivity index (χ1n) is 4.50. The van der Waals surface area contributed by atoms with E-state index in [1.807, 2.05) is 31.3 Å². The summed E-state index contributed by atoms with van der Waals surface area (Å²) in [4.78, 5) is 13.5. The Labute approximate surface area is 96.2 Å². The van der Waals surface area contributed by atoms with Crippen LogP contribution in [0, 0.1) is 0 Å². The molecular weight excluding hydrogens is 256 g/mol. The zero-order chi connectivity index (χ0) is 10.8. The van der Waals surface area contributed by atoms with E-state index in [0.717, 1.165) is 15.4 Å². The van der Waals surface area contributed by atoms with E-state index in [2.05, 4.69) is 30.9 Å². The van der Waals surface area contributed by atoms with Crippen LogP contribution >= 0.6 is 15.9 Å². The lowest BCUT2D eigenvalue weighted by molar-refractivity contribution is 0.643. The Hall–Kier alpha value is -1.36. The summed E-state index contributed by atoms with van der Waals surface area (Å²) in [6.45, 7) is 0. The van der Waals surface area contributed by atoms with Gasteiger partial charge in [-0.3, -0.25) is 0 Å². The SMILES string of the molecule is CN(C)C=Nc1ncc2[nH]ccc2c1Br. The maximum Gasteiger partial charge on any atom is 0.168 e. The topological polar surface area (TPSA) is 44.3 Å². The van der Waals surface area contributed by atoms with Gasteiger partial charge in [0.25, 0.3) is 0 Å². The molecule has 0 aliphatic rings. The third kappa shape index (κ3) is 2.02. The van der Waals surface area contributed by atoms with Crippen molar-refractivity contribution in [1.29, 1.82) is 0 Å². The molecule has 0 aliphatic heterocycles. The van der Waals surface area contributed by atoms with Crippen LogP contribution in [0.25, 0.3) is 10.9 Å². The second-order valence-corrected chi connectivity index (χ2v) is 4.20. The number of aliphatic imine (C=N–C) groups is 1. The maximum atomic E-state index is 4.26. The molecule has 5 heteroatoms. The monoisotopic (exact) mass is 266 g/mol. The van der Waals surface area contributed by atoms with E-state index in [1.54, 1.807) is 12.5 Å². The van der Waals surface area contributed by atoms with E-state index >= 15 is 0 Å². The number of aromatic amines is 1. The van der Waals surface area contributed by atoms with Gasteiger partial charge in [-0.15, -0.1) is 0 Å². The molecule has 0 atom stereocenters. The molecule has 0 saturated heterocycles. The smallest absolute Gasteiger partial charge is 0.168 e. The Bertz CT molecular complexity index is 501. The van der Waals surface area contributed by atoms with Gasteiger partial charge in [-0.05, 0) is 22.0 Å². The average molecular weight is 267 g/mol. The molecule has 0 aliphatic carbocycles. The third-order valence-corrected chi connectivity index (χ3v) is 2.72. The Morgan fingerprint density at radius 1 is 1.53 bits per heavy atom. The fourth-order valence-corrected chi connectivity index (χ4v) is 1.79. The van der Waals surface area contributed by atoms with Crippen molar-refractivity contribution in [3.8, 4) is 0 Å². The van der Waals surface area contributed by atoms with Crippen LogP contribution in [-0.4, -0.2) is 35.3 Å². The van der Waals surface area contributed by atoms with Crippen LogP contribution in [0.1, 0.15) is 0 Å². The largest absolute Gasteiger partial charge is 0.369 e. The summed E-state index contributed by atoms with van der Waals surface area (Å²) in [7, 11) is 3.85. The van der Waals surface area contributed by atoms with Crippen LogP contribution in [0.4, 0.5) is 5.82 Å². The molecule has 0 saturated carbocycles. The van der Waals surface area contributed by atoms with Gasteiger partial charge in [0, 0.05) is 25.7 Å². The van der Waals surface area contributed by atoms with E-state index < -0.39 is 0 Å². The highest BCUT2D eigenvalue weighted by molar-refractivity contribution is 9.10. The van der Waals surface area contributed by atoms with Crippen molar-refractivity contribution >= 4 is 39.0 Å². The number of H-pyrrole nitrogens is 1. The molecule has 1 N–H and O–H groups in total. The van der Waals surface area contributed by atoms with Crippen molar-refractivity contribution in [3.63, 3.8) is 0 Å². The molecule has 0 unspecified atom stereocenters. The predicted molar refractivity (Wildman–Crippen MR) is 65.6 cm³/mol. The fourth-order valence-electron chi connectivity index (χ4n) is 1.24. The molecule has 0 radical (unpaired) electrons. The first-order chi connectivity index (χ1) is 7.18. The van der Waals surface area contributed by atoms with Crippen molar-refractivity contribution in [2.75, 3.05) is 14.1 Å². The number of pyridine rings is 1. The number of halogens is 1. The third-order valence-electron chi connectivity index (χ3n) is 1.94. The predicted octanol–water partition coefficient (Wildman–Crippen LogP) is 2.55. The van der Waals surface area contributed by atoms with Gasteiger partial charge >= 0.3 is 0 Å². The van der Waals surface area contributed by atoms with Gasteiger partial charge in [-0.25, -0.2) is 9.98 Å². The molecule has 4 nitrogen and oxygen atoms in total. The zero-order valence-electron chi connectivity index (χ0n) is 8.53. The van der Waals surface area contributed by atoms with Crippen LogP contribution in [-0.2, 0) is 0 Å². The fraction of sp³-hybridized carbons (Fsp3) is 0.200. The highest BCUT2D eigenvalue weighted by atomic mass is 79.9. The summed E-state index contributed by atoms with van der Waals surface area (Å²) in [5, 5.41) is 1.09. The first-order valence-corrected chi connectivity index (χ1v) is 5.30. The molecule has 78 valence electrons. The summed E-state index contributed by atoms with van der Waals surface area (Å²) < 4.78 is 0.916. The minimum absolute atomic E-state index is 0.691. The Balaban J connectivity index is 2.48. The first kappa shape index (κ1) is 10.2. The number of nitrogens with one attached hydrogen (secondary N) is 1. The van der Waals surface area contributed by atoms with E-state index in [0.29, 0.717) is 5.82 Å². The van der Waals surface area contributed by atoms with Crippen molar-refractivity contribution in [1.82, 2.24) is 14.9 Å². The molecule has 0 aromatic carbocycles. The van der Waals surface area contributed by atoms with Gasteiger partial charge in [0.2, 0.25) is 0 Å². The van der Waals surface area contributed by atoms with E-state index in [-0.39, 0.29) is 0 Å². The lowest BCUT2D eigenvalue weighted by atomic mass is 10.3. The van der Waals surface area contributed by atoms with Gasteiger partial charge in [-0.1, -0.05) is 0 Å². The number of rotatable bonds is 2. The molecule has 15 heavy (non-hydrogen) atoms. The van der Waals surface area contributed by atoms with E-state index in [4.69, 9.17) is 0 Å². The lowest BCUT2D eigenvalue weighted by Crippen LogP contribution is -2.07. The molecule has 0 fully saturated rings. The van der Waals surface area contributed by atoms with Gasteiger partial charge in [0.1, 0.15) is 0 Å². The second-order valence-electron chi connectivity index (χ2n) is 3.41. The average Bonchev–Trinajstić information content (AvgIpc) is 2.65. The molecule has 0 bridgehead atoms. The summed E-state index contributed by atoms with van der Waals surface area (Å²) >= 11 is 3.50. The van der Waals surface area contributed by atoms with Crippen molar-refractivity contribution < 1.29 is 0 Å². The Morgan fingerprint density at radius 3 is 3.07 bits per heavy atom. The number of aromatic nitrogens is 2. The lowest BCUT2D eigenvalue weighted by Gasteiger charge is -2.03. The van der Waals surface area contributed by atoms with Gasteiger partial charge < -0.3 is 9.88 Å². The normalized spacial score (nSPS) is 11.4. The summed E-state index contributed by atoms with van der Waals surface area (Å²) in [5.41, 5.74) is 1.01. The molecule has 2 aromatic rings. The van der Waals surface area contributed by atoms with Crippen LogP contribution in [0.3, 0.4) is 0 Å². The van der Waals surface area contributed by atoms with Crippen molar-refractivity contribution in [3.05, 3.63) is 22.9 Å². The van der Waals surface area contributed by atoms with Gasteiger partial charge in [-0.2, -0.15) is 0 Å². The van der Waals surface area contributed by atoms with Crippen LogP contribution in [0.5, 0.6) is 0 Å². The number of hydrogen-bond donors (Lipinski definition) is 1. The number of fused-ring (bicyclic) bond motifs is 1. The van der Waals surface area contributed by atoms with Crippen molar-refractivity contribution in [2.24, 2.45) is 4.99 Å². The minimum Gasteiger partial charge on any atom is -0.369 e. The Kier molecular flexibility index (Phi) is 2.73. The van der Waals surface area contributed by atoms with Crippen molar-refractivity contribution in [2.45, 2.75) is 0 Å². The summed E-state index contributed by atoms with van der Waals surface area (Å²) in [5.74, 6) is 0.691. The summed E-state index contributed by atoms with van der Waals surface area (Å²) in [6, 6.07) is 2.00. The van der Waals surface area contributed by atoms with Crippen LogP contribution in [0.2, 0.25) is 0 Å². The maximum absolute atomic E-state index is 4.26. The molecule has 2 aromatic heterocycles. The van der Waals surface area contributed by atoms with Gasteiger partial charge in [0.05, 0.1) is 22.5 Å². The minimum atomic E-state index is 0.691. The van der Waals surface area contributed by atoms with E-state index in [1.165, 1.54) is 0 Å². The van der Waals surface area contributed by atoms with Crippen LogP contribution in [0.15, 0.2) is 27.9 Å². The number of hydrogen-bond acceptors (Lipinski definition) is 2. The van der Waals surface area contributed by atoms with Gasteiger partial charge in [0.15, 0.2) is 5.82 Å². The summed E-state index contributed by atoms with van der Waals surface area (Å²) in [6.07, 6.45) is 5.39. The molecule has 2 rings (SSSR count). The Morgan fingerprint density at radius 2 is 2.33 bits per heavy atom. The number of nitrogens with zero attached hydrogens (tertiary/aromatic N) is 3. The highest BCUT2D eigenvalue weighted by Gasteiger charge is 2.05. The quantitative estimate of drug-likeness (QED) is 0.671. The second kappa shape index (κ2) is 4.02. The zero-order valence-corrected chi connectivity index (χ0v) is 10.1. The molecule has 0 amide bonds. The van der Waals surface area contributed by atoms with E-state index in [9.17, 15) is 0 Å². The standard InChI is InChI=1S/C10H11BrN4/c1-15(2)6-14-10-9(11)7-3-4-12-8(7)5-13-10/h3-6,12H,1-2H3. The highest BCUT2D eigenvalue weighted by Crippen LogP contribution is 2.30. The molecular formula is C10H11BrN4. The molecule has 2 heterocycles.